The molecule has 0 unspecified atom stereocenters. The highest BCUT2D eigenvalue weighted by atomic mass is 16.3. The van der Waals surface area contributed by atoms with Crippen LogP contribution in [0.5, 0.6) is 5.75 Å². The van der Waals surface area contributed by atoms with Crippen molar-refractivity contribution in [1.29, 1.82) is 0 Å². The molecule has 0 aliphatic carbocycles. The quantitative estimate of drug-likeness (QED) is 0.522. The first-order valence-corrected chi connectivity index (χ1v) is 3.92. The van der Waals surface area contributed by atoms with Crippen molar-refractivity contribution in [2.24, 2.45) is 0 Å². The van der Waals surface area contributed by atoms with E-state index in [1.165, 1.54) is 0 Å². The van der Waals surface area contributed by atoms with E-state index < -0.39 is 0 Å². The smallest absolute Gasteiger partial charge is 0.115 e. The van der Waals surface area contributed by atoms with Gasteiger partial charge in [0.15, 0.2) is 0 Å². The maximum atomic E-state index is 8.99. The molecule has 0 radical (unpaired) electrons. The molecule has 0 saturated carbocycles. The predicted molar refractivity (Wildman–Crippen MR) is 50.0 cm³/mol. The van der Waals surface area contributed by atoms with Gasteiger partial charge in [-0.15, -0.1) is 6.58 Å². The van der Waals surface area contributed by atoms with Gasteiger partial charge in [-0.05, 0) is 17.7 Å². The Morgan fingerprint density at radius 3 is 2.58 bits per heavy atom. The molecule has 0 saturated heterocycles. The van der Waals surface area contributed by atoms with Crippen LogP contribution in [0.1, 0.15) is 5.56 Å². The topological polar surface area (TPSA) is 32.3 Å². The van der Waals surface area contributed by atoms with Crippen LogP contribution in [0.15, 0.2) is 36.9 Å². The van der Waals surface area contributed by atoms with Gasteiger partial charge in [-0.1, -0.05) is 18.2 Å². The number of hydrogen-bond acceptors (Lipinski definition) is 2. The SMILES string of the molecule is C=CCNCc1ccc(O)cc1. The first-order chi connectivity index (χ1) is 5.83. The minimum Gasteiger partial charge on any atom is -0.508 e. The van der Waals surface area contributed by atoms with Crippen molar-refractivity contribution in [1.82, 2.24) is 5.32 Å². The third-order valence-corrected chi connectivity index (χ3v) is 1.55. The molecule has 0 aliphatic rings. The van der Waals surface area contributed by atoms with Crippen LogP contribution in [0.4, 0.5) is 0 Å². The van der Waals surface area contributed by atoms with Crippen LogP contribution in [0, 0.1) is 0 Å². The molecule has 1 aromatic rings. The van der Waals surface area contributed by atoms with E-state index in [1.807, 2.05) is 18.2 Å². The minimum atomic E-state index is 0.308. The zero-order valence-electron chi connectivity index (χ0n) is 6.96. The molecule has 0 amide bonds. The number of nitrogens with one attached hydrogen (secondary N) is 1. The van der Waals surface area contributed by atoms with E-state index in [1.54, 1.807) is 12.1 Å². The van der Waals surface area contributed by atoms with Gasteiger partial charge >= 0.3 is 0 Å². The van der Waals surface area contributed by atoms with E-state index in [-0.39, 0.29) is 0 Å². The molecule has 0 bridgehead atoms. The van der Waals surface area contributed by atoms with Crippen LogP contribution in [-0.2, 0) is 6.54 Å². The van der Waals surface area contributed by atoms with Crippen molar-refractivity contribution in [2.45, 2.75) is 6.54 Å². The van der Waals surface area contributed by atoms with Gasteiger partial charge in [-0.3, -0.25) is 0 Å². The average molecular weight is 163 g/mol. The summed E-state index contributed by atoms with van der Waals surface area (Å²) in [5.41, 5.74) is 1.16. The Balaban J connectivity index is 2.42. The molecule has 0 fully saturated rings. The first kappa shape index (κ1) is 8.81. The van der Waals surface area contributed by atoms with Crippen molar-refractivity contribution in [3.63, 3.8) is 0 Å². The van der Waals surface area contributed by atoms with Gasteiger partial charge in [-0.25, -0.2) is 0 Å². The van der Waals surface area contributed by atoms with Crippen molar-refractivity contribution < 1.29 is 5.11 Å². The Hall–Kier alpha value is -1.28. The Labute approximate surface area is 72.5 Å². The summed E-state index contributed by atoms with van der Waals surface area (Å²) in [5, 5.41) is 12.2. The molecule has 64 valence electrons. The van der Waals surface area contributed by atoms with Crippen LogP contribution in [0.2, 0.25) is 0 Å². The first-order valence-electron chi connectivity index (χ1n) is 3.92. The standard InChI is InChI=1S/C10H13NO/c1-2-7-11-8-9-3-5-10(12)6-4-9/h2-6,11-12H,1,7-8H2. The van der Waals surface area contributed by atoms with Crippen LogP contribution in [0.3, 0.4) is 0 Å². The summed E-state index contributed by atoms with van der Waals surface area (Å²) in [7, 11) is 0. The number of phenols is 1. The van der Waals surface area contributed by atoms with E-state index in [2.05, 4.69) is 11.9 Å². The molecular formula is C10H13NO. The van der Waals surface area contributed by atoms with Gasteiger partial charge in [0.2, 0.25) is 0 Å². The molecule has 2 N–H and O–H groups in total. The third kappa shape index (κ3) is 2.76. The van der Waals surface area contributed by atoms with E-state index in [9.17, 15) is 0 Å². The molecule has 0 atom stereocenters. The molecule has 1 rings (SSSR count). The van der Waals surface area contributed by atoms with Crippen molar-refractivity contribution >= 4 is 0 Å². The summed E-state index contributed by atoms with van der Waals surface area (Å²) in [6.45, 7) is 5.22. The number of phenolic OH excluding ortho intramolecular Hbond substituents is 1. The van der Waals surface area contributed by atoms with Crippen LogP contribution in [0.25, 0.3) is 0 Å². The second-order valence-corrected chi connectivity index (χ2v) is 2.59. The lowest BCUT2D eigenvalue weighted by molar-refractivity contribution is 0.475. The summed E-state index contributed by atoms with van der Waals surface area (Å²) in [5.74, 6) is 0.308. The van der Waals surface area contributed by atoms with Crippen molar-refractivity contribution in [3.8, 4) is 5.75 Å². The van der Waals surface area contributed by atoms with Gasteiger partial charge in [0.25, 0.3) is 0 Å². The largest absolute Gasteiger partial charge is 0.508 e. The Bertz CT molecular complexity index is 241. The second kappa shape index (κ2) is 4.57. The zero-order chi connectivity index (χ0) is 8.81. The normalized spacial score (nSPS) is 9.67. The summed E-state index contributed by atoms with van der Waals surface area (Å²) in [4.78, 5) is 0. The lowest BCUT2D eigenvalue weighted by Crippen LogP contribution is -2.12. The maximum Gasteiger partial charge on any atom is 0.115 e. The molecule has 1 aromatic carbocycles. The molecule has 2 heteroatoms. The molecule has 0 spiro atoms. The predicted octanol–water partition coefficient (Wildman–Crippen LogP) is 1.67. The van der Waals surface area contributed by atoms with E-state index in [0.29, 0.717) is 5.75 Å². The molecule has 0 aromatic heterocycles. The summed E-state index contributed by atoms with van der Waals surface area (Å²) in [6.07, 6.45) is 1.82. The van der Waals surface area contributed by atoms with Gasteiger partial charge in [0.05, 0.1) is 0 Å². The minimum absolute atomic E-state index is 0.308. The van der Waals surface area contributed by atoms with Gasteiger partial charge < -0.3 is 10.4 Å². The number of rotatable bonds is 4. The van der Waals surface area contributed by atoms with Gasteiger partial charge in [0.1, 0.15) is 5.75 Å². The lowest BCUT2D eigenvalue weighted by atomic mass is 10.2. The van der Waals surface area contributed by atoms with Gasteiger partial charge in [-0.2, -0.15) is 0 Å². The summed E-state index contributed by atoms with van der Waals surface area (Å²) >= 11 is 0. The Kier molecular flexibility index (Phi) is 3.35. The third-order valence-electron chi connectivity index (χ3n) is 1.55. The fourth-order valence-corrected chi connectivity index (χ4v) is 0.932. The van der Waals surface area contributed by atoms with Crippen LogP contribution < -0.4 is 5.32 Å². The Morgan fingerprint density at radius 1 is 1.33 bits per heavy atom. The zero-order valence-corrected chi connectivity index (χ0v) is 6.96. The number of hydrogen-bond donors (Lipinski definition) is 2. The monoisotopic (exact) mass is 163 g/mol. The van der Waals surface area contributed by atoms with Gasteiger partial charge in [0, 0.05) is 13.1 Å². The molecule has 2 nitrogen and oxygen atoms in total. The Morgan fingerprint density at radius 2 is 2.00 bits per heavy atom. The van der Waals surface area contributed by atoms with E-state index in [0.717, 1.165) is 18.7 Å². The van der Waals surface area contributed by atoms with E-state index >= 15 is 0 Å². The summed E-state index contributed by atoms with van der Waals surface area (Å²) in [6, 6.07) is 7.16. The highest BCUT2D eigenvalue weighted by Gasteiger charge is 1.90. The number of benzene rings is 1. The molecule has 0 aliphatic heterocycles. The second-order valence-electron chi connectivity index (χ2n) is 2.59. The maximum absolute atomic E-state index is 8.99. The fraction of sp³-hybridized carbons (Fsp3) is 0.200. The lowest BCUT2D eigenvalue weighted by Gasteiger charge is -2.01. The van der Waals surface area contributed by atoms with Crippen LogP contribution in [-0.4, -0.2) is 11.7 Å². The van der Waals surface area contributed by atoms with Crippen molar-refractivity contribution in [3.05, 3.63) is 42.5 Å². The average Bonchev–Trinajstić information content (AvgIpc) is 2.09. The van der Waals surface area contributed by atoms with E-state index in [4.69, 9.17) is 5.11 Å². The number of aromatic hydroxyl groups is 1. The molecule has 0 heterocycles. The fourth-order valence-electron chi connectivity index (χ4n) is 0.932. The highest BCUT2D eigenvalue weighted by molar-refractivity contribution is 5.25. The summed E-state index contributed by atoms with van der Waals surface area (Å²) < 4.78 is 0. The molecule has 12 heavy (non-hydrogen) atoms. The highest BCUT2D eigenvalue weighted by Crippen LogP contribution is 2.08. The van der Waals surface area contributed by atoms with Crippen LogP contribution >= 0.6 is 0 Å². The van der Waals surface area contributed by atoms with Crippen molar-refractivity contribution in [2.75, 3.05) is 6.54 Å². The molecular weight excluding hydrogens is 150 g/mol.